The van der Waals surface area contributed by atoms with E-state index in [9.17, 15) is 4.79 Å². The molecule has 3 rings (SSSR count). The first kappa shape index (κ1) is 16.9. The number of carbonyl (C=O) groups excluding carboxylic acids is 1. The maximum absolute atomic E-state index is 12.4. The third-order valence-electron chi connectivity index (χ3n) is 5.40. The van der Waals surface area contributed by atoms with E-state index >= 15 is 0 Å². The predicted octanol–water partition coefficient (Wildman–Crippen LogP) is 3.37. The lowest BCUT2D eigenvalue weighted by Gasteiger charge is -2.34. The number of carbonyl (C=O) groups is 1. The van der Waals surface area contributed by atoms with Crippen LogP contribution in [0.3, 0.4) is 0 Å². The zero-order valence-corrected chi connectivity index (χ0v) is 15.3. The molecule has 2 fully saturated rings. The molecule has 2 heterocycles. The number of aryl methyl sites for hydroxylation is 2. The molecule has 4 nitrogen and oxygen atoms in total. The summed E-state index contributed by atoms with van der Waals surface area (Å²) >= 11 is 1.80. The predicted molar refractivity (Wildman–Crippen MR) is 94.6 cm³/mol. The molecule has 0 spiro atoms. The smallest absolute Gasteiger partial charge is 0.222 e. The number of nitrogens with zero attached hydrogens (tertiary/aromatic N) is 3. The van der Waals surface area contributed by atoms with Crippen LogP contribution >= 0.6 is 11.3 Å². The Morgan fingerprint density at radius 3 is 2.48 bits per heavy atom. The monoisotopic (exact) mass is 335 g/mol. The van der Waals surface area contributed by atoms with Crippen molar-refractivity contribution in [1.29, 1.82) is 0 Å². The summed E-state index contributed by atoms with van der Waals surface area (Å²) in [6, 6.07) is 0. The maximum Gasteiger partial charge on any atom is 0.222 e. The van der Waals surface area contributed by atoms with Crippen molar-refractivity contribution in [2.24, 2.45) is 5.92 Å². The van der Waals surface area contributed by atoms with Crippen molar-refractivity contribution in [3.05, 3.63) is 15.6 Å². The number of amides is 1. The average Bonchev–Trinajstić information content (AvgIpc) is 3.16. The average molecular weight is 336 g/mol. The minimum Gasteiger partial charge on any atom is -0.340 e. The van der Waals surface area contributed by atoms with Crippen molar-refractivity contribution >= 4 is 17.2 Å². The van der Waals surface area contributed by atoms with E-state index in [1.807, 2.05) is 0 Å². The van der Waals surface area contributed by atoms with Gasteiger partial charge in [0.2, 0.25) is 5.91 Å². The lowest BCUT2D eigenvalue weighted by Crippen LogP contribution is -2.48. The molecule has 1 aliphatic carbocycles. The van der Waals surface area contributed by atoms with Gasteiger partial charge in [-0.2, -0.15) is 0 Å². The van der Waals surface area contributed by atoms with Crippen LogP contribution in [0.25, 0.3) is 0 Å². The molecule has 1 aliphatic heterocycles. The van der Waals surface area contributed by atoms with E-state index in [2.05, 4.69) is 28.6 Å². The number of hydrogen-bond donors (Lipinski definition) is 0. The molecule has 23 heavy (non-hydrogen) atoms. The molecule has 1 aromatic rings. The van der Waals surface area contributed by atoms with Gasteiger partial charge in [-0.1, -0.05) is 25.7 Å². The molecule has 0 radical (unpaired) electrons. The van der Waals surface area contributed by atoms with Crippen molar-refractivity contribution in [2.45, 2.75) is 58.9 Å². The molecule has 128 valence electrons. The molecule has 0 bridgehead atoms. The van der Waals surface area contributed by atoms with Crippen molar-refractivity contribution in [2.75, 3.05) is 26.2 Å². The van der Waals surface area contributed by atoms with E-state index in [4.69, 9.17) is 0 Å². The maximum atomic E-state index is 12.4. The molecule has 2 aliphatic rings. The number of piperazine rings is 1. The summed E-state index contributed by atoms with van der Waals surface area (Å²) in [5, 5.41) is 1.21. The van der Waals surface area contributed by atoms with Gasteiger partial charge in [0.25, 0.3) is 0 Å². The highest BCUT2D eigenvalue weighted by atomic mass is 32.1. The van der Waals surface area contributed by atoms with Gasteiger partial charge in [-0.05, 0) is 26.2 Å². The van der Waals surface area contributed by atoms with E-state index in [0.717, 1.165) is 57.2 Å². The topological polar surface area (TPSA) is 36.4 Å². The first-order valence-electron chi connectivity index (χ1n) is 9.05. The molecular weight excluding hydrogens is 306 g/mol. The Labute approximate surface area is 143 Å². The highest BCUT2D eigenvalue weighted by Crippen LogP contribution is 2.28. The summed E-state index contributed by atoms with van der Waals surface area (Å²) in [6.45, 7) is 8.87. The zero-order valence-electron chi connectivity index (χ0n) is 14.5. The molecule has 1 saturated carbocycles. The van der Waals surface area contributed by atoms with Gasteiger partial charge in [0.05, 0.1) is 12.2 Å². The standard InChI is InChI=1S/C18H29N3OS/c1-14-15(2)23-17(19-14)13-20-9-11-21(12-10-20)18(22)8-7-16-5-3-4-6-16/h16H,3-13H2,1-2H3. The van der Waals surface area contributed by atoms with E-state index < -0.39 is 0 Å². The molecule has 0 N–H and O–H groups in total. The Morgan fingerprint density at radius 2 is 1.87 bits per heavy atom. The van der Waals surface area contributed by atoms with Crippen LogP contribution in [0.2, 0.25) is 0 Å². The summed E-state index contributed by atoms with van der Waals surface area (Å²) in [4.78, 5) is 22.8. The van der Waals surface area contributed by atoms with Crippen LogP contribution in [0, 0.1) is 19.8 Å². The first-order valence-corrected chi connectivity index (χ1v) is 9.86. The SMILES string of the molecule is Cc1nc(CN2CCN(C(=O)CCC3CCCC3)CC2)sc1C. The number of thiazole rings is 1. The van der Waals surface area contributed by atoms with Crippen LogP contribution < -0.4 is 0 Å². The van der Waals surface area contributed by atoms with Gasteiger partial charge in [0.15, 0.2) is 0 Å². The quantitative estimate of drug-likeness (QED) is 0.828. The molecule has 0 unspecified atom stereocenters. The van der Waals surface area contributed by atoms with Crippen molar-refractivity contribution in [3.8, 4) is 0 Å². The molecule has 5 heteroatoms. The zero-order chi connectivity index (χ0) is 16.2. The Kier molecular flexibility index (Phi) is 5.70. The summed E-state index contributed by atoms with van der Waals surface area (Å²) in [7, 11) is 0. The second kappa shape index (κ2) is 7.75. The minimum absolute atomic E-state index is 0.373. The van der Waals surface area contributed by atoms with Crippen molar-refractivity contribution < 1.29 is 4.79 Å². The molecule has 1 saturated heterocycles. The van der Waals surface area contributed by atoms with Crippen LogP contribution in [0.5, 0.6) is 0 Å². The third-order valence-corrected chi connectivity index (χ3v) is 6.46. The highest BCUT2D eigenvalue weighted by Gasteiger charge is 2.23. The van der Waals surface area contributed by atoms with E-state index in [1.54, 1.807) is 11.3 Å². The fraction of sp³-hybridized carbons (Fsp3) is 0.778. The molecule has 0 atom stereocenters. The minimum atomic E-state index is 0.373. The summed E-state index contributed by atoms with van der Waals surface area (Å²) < 4.78 is 0. The fourth-order valence-corrected chi connectivity index (χ4v) is 4.71. The first-order chi connectivity index (χ1) is 11.1. The summed E-state index contributed by atoms with van der Waals surface area (Å²) in [5.74, 6) is 1.19. The molecule has 0 aromatic carbocycles. The molecule has 1 amide bonds. The van der Waals surface area contributed by atoms with Gasteiger partial charge >= 0.3 is 0 Å². The van der Waals surface area contributed by atoms with Crippen LogP contribution in [0.15, 0.2) is 0 Å². The summed E-state index contributed by atoms with van der Waals surface area (Å²) in [6.07, 6.45) is 7.29. The van der Waals surface area contributed by atoms with Gasteiger partial charge in [-0.15, -0.1) is 11.3 Å². The van der Waals surface area contributed by atoms with Gasteiger partial charge in [-0.3, -0.25) is 9.69 Å². The van der Waals surface area contributed by atoms with E-state index in [0.29, 0.717) is 5.91 Å². The van der Waals surface area contributed by atoms with E-state index in [1.165, 1.54) is 35.6 Å². The second-order valence-electron chi connectivity index (χ2n) is 7.10. The highest BCUT2D eigenvalue weighted by molar-refractivity contribution is 7.11. The number of hydrogen-bond acceptors (Lipinski definition) is 4. The Hall–Kier alpha value is -0.940. The fourth-order valence-electron chi connectivity index (χ4n) is 3.74. The van der Waals surface area contributed by atoms with E-state index in [-0.39, 0.29) is 0 Å². The Bertz CT molecular complexity index is 509. The third kappa shape index (κ3) is 4.54. The van der Waals surface area contributed by atoms with Gasteiger partial charge < -0.3 is 4.90 Å². The van der Waals surface area contributed by atoms with Crippen LogP contribution in [-0.2, 0) is 11.3 Å². The van der Waals surface area contributed by atoms with Crippen LogP contribution in [0.1, 0.15) is 54.1 Å². The second-order valence-corrected chi connectivity index (χ2v) is 8.38. The number of aromatic nitrogens is 1. The number of rotatable bonds is 5. The molecule has 1 aromatic heterocycles. The van der Waals surface area contributed by atoms with Crippen LogP contribution in [-0.4, -0.2) is 46.9 Å². The Balaban J connectivity index is 1.39. The van der Waals surface area contributed by atoms with Crippen LogP contribution in [0.4, 0.5) is 0 Å². The van der Waals surface area contributed by atoms with Gasteiger partial charge in [-0.25, -0.2) is 4.98 Å². The normalized spacial score (nSPS) is 20.3. The Morgan fingerprint density at radius 1 is 1.17 bits per heavy atom. The molecular formula is C18H29N3OS. The van der Waals surface area contributed by atoms with Crippen molar-refractivity contribution in [1.82, 2.24) is 14.8 Å². The van der Waals surface area contributed by atoms with Gasteiger partial charge in [0.1, 0.15) is 5.01 Å². The van der Waals surface area contributed by atoms with Gasteiger partial charge in [0, 0.05) is 37.5 Å². The lowest BCUT2D eigenvalue weighted by atomic mass is 10.0. The largest absolute Gasteiger partial charge is 0.340 e. The lowest BCUT2D eigenvalue weighted by molar-refractivity contribution is -0.133. The summed E-state index contributed by atoms with van der Waals surface area (Å²) in [5.41, 5.74) is 1.16. The van der Waals surface area contributed by atoms with Crippen molar-refractivity contribution in [3.63, 3.8) is 0 Å².